The van der Waals surface area contributed by atoms with Gasteiger partial charge in [0.05, 0.1) is 10.9 Å². The molecule has 0 atom stereocenters. The Kier molecular flexibility index (Phi) is 2.68. The largest absolute Gasteiger partial charge is 0.456 e. The van der Waals surface area contributed by atoms with Gasteiger partial charge in [-0.2, -0.15) is 0 Å². The Bertz CT molecular complexity index is 588. The number of fused-ring (bicyclic) bond motifs is 1. The van der Waals surface area contributed by atoms with Crippen LogP contribution in [0.25, 0.3) is 10.9 Å². The van der Waals surface area contributed by atoms with Gasteiger partial charge in [0.1, 0.15) is 0 Å². The lowest BCUT2D eigenvalue weighted by atomic mass is 10.2. The SMILES string of the molecule is CC(=O)OCc1nc2ccccc2c(=O)o1. The minimum atomic E-state index is -0.479. The third kappa shape index (κ3) is 2.08. The molecule has 0 saturated heterocycles. The Morgan fingerprint density at radius 3 is 2.94 bits per heavy atom. The molecule has 16 heavy (non-hydrogen) atoms. The smallest absolute Gasteiger partial charge is 0.346 e. The lowest BCUT2D eigenvalue weighted by Gasteiger charge is -2.01. The highest BCUT2D eigenvalue weighted by Gasteiger charge is 2.06. The van der Waals surface area contributed by atoms with E-state index in [0.717, 1.165) is 0 Å². The van der Waals surface area contributed by atoms with Crippen molar-refractivity contribution in [1.82, 2.24) is 4.98 Å². The van der Waals surface area contributed by atoms with Crippen LogP contribution in [0.3, 0.4) is 0 Å². The Balaban J connectivity index is 2.42. The molecule has 5 heteroatoms. The molecule has 1 aromatic carbocycles. The molecular formula is C11H9NO4. The summed E-state index contributed by atoms with van der Waals surface area (Å²) in [6, 6.07) is 6.82. The van der Waals surface area contributed by atoms with Crippen molar-refractivity contribution >= 4 is 16.9 Å². The average Bonchev–Trinajstić information content (AvgIpc) is 2.26. The van der Waals surface area contributed by atoms with E-state index >= 15 is 0 Å². The van der Waals surface area contributed by atoms with Gasteiger partial charge >= 0.3 is 11.6 Å². The fraction of sp³-hybridized carbons (Fsp3) is 0.182. The number of carbonyl (C=O) groups excluding carboxylic acids is 1. The second-order valence-electron chi connectivity index (χ2n) is 3.19. The highest BCUT2D eigenvalue weighted by atomic mass is 16.5. The van der Waals surface area contributed by atoms with E-state index in [1.807, 2.05) is 0 Å². The minimum Gasteiger partial charge on any atom is -0.456 e. The molecule has 0 unspecified atom stereocenters. The average molecular weight is 219 g/mol. The lowest BCUT2D eigenvalue weighted by molar-refractivity contribution is -0.142. The third-order valence-electron chi connectivity index (χ3n) is 1.98. The van der Waals surface area contributed by atoms with Crippen LogP contribution in [0.5, 0.6) is 0 Å². The summed E-state index contributed by atoms with van der Waals surface area (Å²) in [5.41, 5.74) is 0.0497. The molecule has 0 N–H and O–H groups in total. The van der Waals surface area contributed by atoms with Gasteiger partial charge in [-0.25, -0.2) is 9.78 Å². The molecule has 0 spiro atoms. The first kappa shape index (κ1) is 10.4. The first-order valence-corrected chi connectivity index (χ1v) is 4.69. The molecule has 0 aliphatic heterocycles. The van der Waals surface area contributed by atoms with Crippen LogP contribution in [0.1, 0.15) is 12.8 Å². The number of benzene rings is 1. The monoisotopic (exact) mass is 219 g/mol. The maximum atomic E-state index is 11.5. The predicted octanol–water partition coefficient (Wildman–Crippen LogP) is 1.25. The van der Waals surface area contributed by atoms with E-state index in [1.165, 1.54) is 6.92 Å². The van der Waals surface area contributed by atoms with Gasteiger partial charge in [0.25, 0.3) is 0 Å². The topological polar surface area (TPSA) is 69.4 Å². The maximum absolute atomic E-state index is 11.5. The first-order chi connectivity index (χ1) is 7.66. The van der Waals surface area contributed by atoms with Crippen LogP contribution in [0, 0.1) is 0 Å². The molecule has 0 saturated carbocycles. The van der Waals surface area contributed by atoms with E-state index in [1.54, 1.807) is 24.3 Å². The predicted molar refractivity (Wildman–Crippen MR) is 55.7 cm³/mol. The van der Waals surface area contributed by atoms with E-state index in [2.05, 4.69) is 4.98 Å². The molecule has 0 aliphatic carbocycles. The maximum Gasteiger partial charge on any atom is 0.346 e. The van der Waals surface area contributed by atoms with Gasteiger partial charge in [0.15, 0.2) is 6.61 Å². The summed E-state index contributed by atoms with van der Waals surface area (Å²) in [6.45, 7) is 1.15. The molecule has 5 nitrogen and oxygen atoms in total. The van der Waals surface area contributed by atoms with Gasteiger partial charge < -0.3 is 9.15 Å². The molecule has 0 radical (unpaired) electrons. The summed E-state index contributed by atoms with van der Waals surface area (Å²) in [7, 11) is 0. The van der Waals surface area contributed by atoms with Crippen LogP contribution in [0.2, 0.25) is 0 Å². The number of esters is 1. The molecule has 0 fully saturated rings. The second-order valence-corrected chi connectivity index (χ2v) is 3.19. The summed E-state index contributed by atoms with van der Waals surface area (Å²) in [5, 5.41) is 0.411. The number of para-hydroxylation sites is 1. The molecule has 0 amide bonds. The van der Waals surface area contributed by atoms with Gasteiger partial charge in [-0.15, -0.1) is 0 Å². The van der Waals surface area contributed by atoms with Crippen LogP contribution >= 0.6 is 0 Å². The van der Waals surface area contributed by atoms with Crippen molar-refractivity contribution in [3.63, 3.8) is 0 Å². The number of carbonyl (C=O) groups is 1. The number of hydrogen-bond donors (Lipinski definition) is 0. The van der Waals surface area contributed by atoms with Crippen molar-refractivity contribution in [3.8, 4) is 0 Å². The number of rotatable bonds is 2. The Morgan fingerprint density at radius 1 is 1.44 bits per heavy atom. The van der Waals surface area contributed by atoms with Crippen LogP contribution in [0.4, 0.5) is 0 Å². The summed E-state index contributed by atoms with van der Waals surface area (Å²) in [4.78, 5) is 26.2. The first-order valence-electron chi connectivity index (χ1n) is 4.69. The Morgan fingerprint density at radius 2 is 2.19 bits per heavy atom. The zero-order chi connectivity index (χ0) is 11.5. The van der Waals surface area contributed by atoms with Gasteiger partial charge in [-0.1, -0.05) is 12.1 Å². The van der Waals surface area contributed by atoms with Crippen molar-refractivity contribution < 1.29 is 13.9 Å². The van der Waals surface area contributed by atoms with Crippen LogP contribution in [0.15, 0.2) is 33.5 Å². The quantitative estimate of drug-likeness (QED) is 0.711. The summed E-state index contributed by atoms with van der Waals surface area (Å²) in [6.07, 6.45) is 0. The Hall–Kier alpha value is -2.17. The number of nitrogens with zero attached hydrogens (tertiary/aromatic N) is 1. The van der Waals surface area contributed by atoms with Gasteiger partial charge in [0, 0.05) is 6.92 Å². The molecule has 2 aromatic rings. The number of hydrogen-bond acceptors (Lipinski definition) is 5. The molecular weight excluding hydrogens is 210 g/mol. The highest BCUT2D eigenvalue weighted by molar-refractivity contribution is 5.76. The van der Waals surface area contributed by atoms with Crippen molar-refractivity contribution in [2.45, 2.75) is 13.5 Å². The van der Waals surface area contributed by atoms with Crippen molar-refractivity contribution in [3.05, 3.63) is 40.6 Å². The standard InChI is InChI=1S/C11H9NO4/c1-7(13)15-6-10-12-9-5-3-2-4-8(9)11(14)16-10/h2-5H,6H2,1H3. The fourth-order valence-electron chi connectivity index (χ4n) is 1.29. The third-order valence-corrected chi connectivity index (χ3v) is 1.98. The number of ether oxygens (including phenoxy) is 1. The molecule has 1 aromatic heterocycles. The van der Waals surface area contributed by atoms with Gasteiger partial charge in [-0.3, -0.25) is 4.79 Å². The summed E-state index contributed by atoms with van der Waals surface area (Å²) >= 11 is 0. The van der Waals surface area contributed by atoms with Crippen molar-refractivity contribution in [2.24, 2.45) is 0 Å². The van der Waals surface area contributed by atoms with E-state index in [9.17, 15) is 9.59 Å². The zero-order valence-corrected chi connectivity index (χ0v) is 8.60. The van der Waals surface area contributed by atoms with E-state index in [4.69, 9.17) is 9.15 Å². The molecule has 0 aliphatic rings. The molecule has 0 bridgehead atoms. The van der Waals surface area contributed by atoms with Gasteiger partial charge in [0.2, 0.25) is 5.89 Å². The Labute approximate surface area is 90.7 Å². The minimum absolute atomic E-state index is 0.0962. The molecule has 2 rings (SSSR count). The van der Waals surface area contributed by atoms with E-state index < -0.39 is 11.6 Å². The van der Waals surface area contributed by atoms with Crippen LogP contribution in [-0.4, -0.2) is 11.0 Å². The van der Waals surface area contributed by atoms with E-state index in [-0.39, 0.29) is 12.5 Å². The fourth-order valence-corrected chi connectivity index (χ4v) is 1.29. The molecule has 82 valence electrons. The van der Waals surface area contributed by atoms with Crippen LogP contribution in [-0.2, 0) is 16.1 Å². The lowest BCUT2D eigenvalue weighted by Crippen LogP contribution is -2.07. The van der Waals surface area contributed by atoms with E-state index in [0.29, 0.717) is 10.9 Å². The highest BCUT2D eigenvalue weighted by Crippen LogP contribution is 2.07. The van der Waals surface area contributed by atoms with Crippen molar-refractivity contribution in [1.29, 1.82) is 0 Å². The molecule has 1 heterocycles. The van der Waals surface area contributed by atoms with Crippen LogP contribution < -0.4 is 5.63 Å². The second kappa shape index (κ2) is 4.14. The normalized spacial score (nSPS) is 10.3. The number of aromatic nitrogens is 1. The summed E-state index contributed by atoms with van der Waals surface area (Å²) < 4.78 is 9.59. The van der Waals surface area contributed by atoms with Crippen molar-refractivity contribution in [2.75, 3.05) is 0 Å². The summed E-state index contributed by atoms with van der Waals surface area (Å²) in [5.74, 6) is -0.350. The zero-order valence-electron chi connectivity index (χ0n) is 8.60. The van der Waals surface area contributed by atoms with Gasteiger partial charge in [-0.05, 0) is 12.1 Å².